The maximum absolute atomic E-state index is 13.1. The van der Waals surface area contributed by atoms with E-state index in [2.05, 4.69) is 20.8 Å². The summed E-state index contributed by atoms with van der Waals surface area (Å²) in [4.78, 5) is 36.1. The molecule has 1 aromatic heterocycles. The summed E-state index contributed by atoms with van der Waals surface area (Å²) in [5.74, 6) is -0.775. The molecule has 2 N–H and O–H groups in total. The van der Waals surface area contributed by atoms with Gasteiger partial charge in [0.1, 0.15) is 5.82 Å². The molecule has 4 aromatic rings. The second-order valence-corrected chi connectivity index (χ2v) is 9.68. The number of carbonyl (C=O) groups excluding carboxylic acids is 2. The molecule has 4 rings (SSSR count). The zero-order valence-corrected chi connectivity index (χ0v) is 22.2. The number of amides is 2. The van der Waals surface area contributed by atoms with Crippen LogP contribution in [0, 0.1) is 36.7 Å². The van der Waals surface area contributed by atoms with Gasteiger partial charge in [0.25, 0.3) is 11.6 Å². The first-order chi connectivity index (χ1) is 18.6. The maximum atomic E-state index is 13.1. The summed E-state index contributed by atoms with van der Waals surface area (Å²) in [5.41, 5.74) is 3.73. The lowest BCUT2D eigenvalue weighted by molar-refractivity contribution is -0.385. The fourth-order valence-electron chi connectivity index (χ4n) is 3.80. The Labute approximate surface area is 227 Å². The molecule has 39 heavy (non-hydrogen) atoms. The fourth-order valence-corrected chi connectivity index (χ4v) is 4.56. The summed E-state index contributed by atoms with van der Waals surface area (Å²) >= 11 is 1.16. The highest BCUT2D eigenvalue weighted by Crippen LogP contribution is 2.26. The van der Waals surface area contributed by atoms with E-state index in [1.165, 1.54) is 42.5 Å². The highest BCUT2D eigenvalue weighted by Gasteiger charge is 2.20. The molecule has 0 unspecified atom stereocenters. The van der Waals surface area contributed by atoms with Crippen LogP contribution in [-0.4, -0.2) is 37.3 Å². The van der Waals surface area contributed by atoms with Crippen LogP contribution in [0.5, 0.6) is 0 Å². The van der Waals surface area contributed by atoms with Crippen molar-refractivity contribution in [3.63, 3.8) is 0 Å². The average Bonchev–Trinajstić information content (AvgIpc) is 3.31. The van der Waals surface area contributed by atoms with Gasteiger partial charge in [-0.3, -0.25) is 24.3 Å². The van der Waals surface area contributed by atoms with Gasteiger partial charge >= 0.3 is 0 Å². The number of rotatable bonds is 9. The number of halogens is 1. The molecule has 0 saturated carbocycles. The molecule has 0 fully saturated rings. The first-order valence-electron chi connectivity index (χ1n) is 11.9. The van der Waals surface area contributed by atoms with Gasteiger partial charge in [-0.2, -0.15) is 0 Å². The van der Waals surface area contributed by atoms with Crippen molar-refractivity contribution < 1.29 is 18.9 Å². The van der Waals surface area contributed by atoms with Crippen molar-refractivity contribution in [3.05, 3.63) is 105 Å². The molecular formula is C27H25FN6O4S. The zero-order valence-electron chi connectivity index (χ0n) is 21.4. The molecule has 0 aliphatic heterocycles. The first kappa shape index (κ1) is 27.5. The predicted octanol–water partition coefficient (Wildman–Crippen LogP) is 4.90. The highest BCUT2D eigenvalue weighted by atomic mass is 32.2. The van der Waals surface area contributed by atoms with Gasteiger partial charge in [0, 0.05) is 22.9 Å². The Morgan fingerprint density at radius 2 is 1.77 bits per heavy atom. The van der Waals surface area contributed by atoms with E-state index in [1.54, 1.807) is 11.5 Å². The number of aromatic nitrogens is 3. The molecular weight excluding hydrogens is 523 g/mol. The van der Waals surface area contributed by atoms with Crippen LogP contribution in [-0.2, 0) is 11.3 Å². The third-order valence-corrected chi connectivity index (χ3v) is 6.98. The summed E-state index contributed by atoms with van der Waals surface area (Å²) < 4.78 is 14.9. The molecule has 0 radical (unpaired) electrons. The summed E-state index contributed by atoms with van der Waals surface area (Å²) in [7, 11) is 0. The molecule has 0 atom stereocenters. The third-order valence-electron chi connectivity index (χ3n) is 6.05. The topological polar surface area (TPSA) is 132 Å². The second-order valence-electron chi connectivity index (χ2n) is 8.74. The number of aryl methyl sites for hydroxylation is 2. The van der Waals surface area contributed by atoms with E-state index in [0.29, 0.717) is 22.2 Å². The SMILES string of the molecule is Cc1ccc(C(=O)NCc2nnc(SCC(=O)Nc3ccc(F)cc3)n2-c2cccc(C)c2C)cc1[N+](=O)[O-]. The number of hydrogen-bond donors (Lipinski definition) is 2. The molecule has 200 valence electrons. The van der Waals surface area contributed by atoms with Gasteiger partial charge in [-0.1, -0.05) is 30.0 Å². The smallest absolute Gasteiger partial charge is 0.273 e. The van der Waals surface area contributed by atoms with Crippen molar-refractivity contribution in [2.45, 2.75) is 32.5 Å². The largest absolute Gasteiger partial charge is 0.345 e. The summed E-state index contributed by atoms with van der Waals surface area (Å²) in [6, 6.07) is 15.5. The number of hydrogen-bond acceptors (Lipinski definition) is 7. The number of nitro groups is 1. The summed E-state index contributed by atoms with van der Waals surface area (Å²) in [6.45, 7) is 5.51. The molecule has 1 heterocycles. The van der Waals surface area contributed by atoms with Gasteiger partial charge in [-0.05, 0) is 68.3 Å². The number of thioether (sulfide) groups is 1. The van der Waals surface area contributed by atoms with Crippen LogP contribution in [0.4, 0.5) is 15.8 Å². The Hall–Kier alpha value is -4.58. The lowest BCUT2D eigenvalue weighted by Gasteiger charge is -2.15. The highest BCUT2D eigenvalue weighted by molar-refractivity contribution is 7.99. The summed E-state index contributed by atoms with van der Waals surface area (Å²) in [5, 5.41) is 25.7. The number of nitrogens with one attached hydrogen (secondary N) is 2. The molecule has 0 aliphatic carbocycles. The van der Waals surface area contributed by atoms with Crippen LogP contribution >= 0.6 is 11.8 Å². The van der Waals surface area contributed by atoms with E-state index in [-0.39, 0.29) is 29.5 Å². The molecule has 2 amide bonds. The van der Waals surface area contributed by atoms with Crippen LogP contribution in [0.2, 0.25) is 0 Å². The Morgan fingerprint density at radius 1 is 1.03 bits per heavy atom. The van der Waals surface area contributed by atoms with Crippen molar-refractivity contribution in [3.8, 4) is 5.69 Å². The zero-order chi connectivity index (χ0) is 28.1. The Bertz CT molecular complexity index is 1550. The second kappa shape index (κ2) is 11.9. The molecule has 10 nitrogen and oxygen atoms in total. The minimum Gasteiger partial charge on any atom is -0.345 e. The minimum absolute atomic E-state index is 0.0107. The molecule has 0 spiro atoms. The van der Waals surface area contributed by atoms with Crippen molar-refractivity contribution in [1.29, 1.82) is 0 Å². The van der Waals surface area contributed by atoms with Crippen LogP contribution < -0.4 is 10.6 Å². The van der Waals surface area contributed by atoms with Crippen LogP contribution in [0.1, 0.15) is 32.9 Å². The number of anilines is 1. The first-order valence-corrected chi connectivity index (χ1v) is 12.8. The summed E-state index contributed by atoms with van der Waals surface area (Å²) in [6.07, 6.45) is 0. The lowest BCUT2D eigenvalue weighted by Crippen LogP contribution is -2.25. The van der Waals surface area contributed by atoms with Crippen molar-refractivity contribution >= 4 is 35.0 Å². The Kier molecular flexibility index (Phi) is 8.35. The predicted molar refractivity (Wildman–Crippen MR) is 146 cm³/mol. The molecule has 0 aliphatic rings. The number of carbonyl (C=O) groups is 2. The molecule has 3 aromatic carbocycles. The maximum Gasteiger partial charge on any atom is 0.273 e. The van der Waals surface area contributed by atoms with Crippen LogP contribution in [0.3, 0.4) is 0 Å². The minimum atomic E-state index is -0.529. The van der Waals surface area contributed by atoms with Gasteiger partial charge in [0.15, 0.2) is 11.0 Å². The molecule has 0 saturated heterocycles. The Balaban J connectivity index is 1.55. The standard InChI is InChI=1S/C27H25FN6O4S/c1-16-5-4-6-22(18(16)3)33-24(14-29-26(36)19-8-7-17(2)23(13-19)34(37)38)31-32-27(33)39-15-25(35)30-21-11-9-20(28)10-12-21/h4-13H,14-15H2,1-3H3,(H,29,36)(H,30,35). The van der Waals surface area contributed by atoms with Gasteiger partial charge in [-0.25, -0.2) is 4.39 Å². The van der Waals surface area contributed by atoms with E-state index in [9.17, 15) is 24.1 Å². The van der Waals surface area contributed by atoms with E-state index >= 15 is 0 Å². The third kappa shape index (κ3) is 6.47. The van der Waals surface area contributed by atoms with Crippen LogP contribution in [0.25, 0.3) is 5.69 Å². The van der Waals surface area contributed by atoms with Crippen molar-refractivity contribution in [2.24, 2.45) is 0 Å². The monoisotopic (exact) mass is 548 g/mol. The number of nitrogens with zero attached hydrogens (tertiary/aromatic N) is 4. The Morgan fingerprint density at radius 3 is 2.49 bits per heavy atom. The average molecular weight is 549 g/mol. The van der Waals surface area contributed by atoms with E-state index in [1.807, 2.05) is 32.0 Å². The van der Waals surface area contributed by atoms with E-state index in [4.69, 9.17) is 0 Å². The van der Waals surface area contributed by atoms with E-state index in [0.717, 1.165) is 28.6 Å². The van der Waals surface area contributed by atoms with Crippen molar-refractivity contribution in [1.82, 2.24) is 20.1 Å². The van der Waals surface area contributed by atoms with Gasteiger partial charge in [0.05, 0.1) is 22.9 Å². The lowest BCUT2D eigenvalue weighted by atomic mass is 10.1. The quantitative estimate of drug-likeness (QED) is 0.173. The van der Waals surface area contributed by atoms with Crippen LogP contribution in [0.15, 0.2) is 65.8 Å². The van der Waals surface area contributed by atoms with Gasteiger partial charge in [0.2, 0.25) is 5.91 Å². The molecule has 0 bridgehead atoms. The van der Waals surface area contributed by atoms with E-state index < -0.39 is 16.6 Å². The van der Waals surface area contributed by atoms with Gasteiger partial charge in [-0.15, -0.1) is 10.2 Å². The number of benzene rings is 3. The number of nitro benzene ring substituents is 1. The van der Waals surface area contributed by atoms with Crippen molar-refractivity contribution in [2.75, 3.05) is 11.1 Å². The molecule has 12 heteroatoms. The fraction of sp³-hybridized carbons (Fsp3) is 0.185. The van der Waals surface area contributed by atoms with Gasteiger partial charge < -0.3 is 10.6 Å². The normalized spacial score (nSPS) is 10.8.